The van der Waals surface area contributed by atoms with Gasteiger partial charge in [-0.1, -0.05) is 0 Å². The summed E-state index contributed by atoms with van der Waals surface area (Å²) in [6, 6.07) is 8.18. The maximum atomic E-state index is 13.0. The Labute approximate surface area is 120 Å². The summed E-state index contributed by atoms with van der Waals surface area (Å²) in [7, 11) is 0. The molecular formula is C12H8BrFINO. The van der Waals surface area contributed by atoms with Crippen LogP contribution in [0.3, 0.4) is 0 Å². The molecule has 0 aliphatic heterocycles. The molecule has 0 saturated carbocycles. The van der Waals surface area contributed by atoms with Crippen LogP contribution in [-0.2, 0) is 6.61 Å². The van der Waals surface area contributed by atoms with E-state index < -0.39 is 0 Å². The zero-order valence-corrected chi connectivity index (χ0v) is 12.4. The highest BCUT2D eigenvalue weighted by Gasteiger charge is 2.05. The van der Waals surface area contributed by atoms with Crippen molar-refractivity contribution in [1.82, 2.24) is 4.98 Å². The predicted octanol–water partition coefficient (Wildman–Crippen LogP) is 4.17. The normalized spacial score (nSPS) is 10.3. The van der Waals surface area contributed by atoms with E-state index in [1.54, 1.807) is 12.3 Å². The Balaban J connectivity index is 2.12. The van der Waals surface area contributed by atoms with Gasteiger partial charge in [0, 0.05) is 16.7 Å². The Bertz CT molecular complexity index is 536. The summed E-state index contributed by atoms with van der Waals surface area (Å²) in [6.07, 6.45) is 1.69. The lowest BCUT2D eigenvalue weighted by Crippen LogP contribution is -2.00. The van der Waals surface area contributed by atoms with E-state index in [1.165, 1.54) is 12.1 Å². The molecule has 0 aliphatic rings. The third-order valence-corrected chi connectivity index (χ3v) is 3.71. The molecule has 5 heteroatoms. The van der Waals surface area contributed by atoms with Gasteiger partial charge in [-0.3, -0.25) is 4.98 Å². The standard InChI is InChI=1S/C12H8BrFINO/c13-9-2-1-5-16-11(9)7-17-12-6-8(14)3-4-10(12)15/h1-6H,7H2. The molecule has 0 radical (unpaired) electrons. The highest BCUT2D eigenvalue weighted by Crippen LogP contribution is 2.23. The number of ether oxygens (including phenoxy) is 1. The van der Waals surface area contributed by atoms with E-state index in [4.69, 9.17) is 4.74 Å². The highest BCUT2D eigenvalue weighted by molar-refractivity contribution is 14.1. The van der Waals surface area contributed by atoms with Crippen LogP contribution in [0.1, 0.15) is 5.69 Å². The van der Waals surface area contributed by atoms with Crippen LogP contribution in [0.5, 0.6) is 5.75 Å². The van der Waals surface area contributed by atoms with Crippen molar-refractivity contribution >= 4 is 38.5 Å². The number of hydrogen-bond acceptors (Lipinski definition) is 2. The first-order valence-corrected chi connectivity index (χ1v) is 6.71. The number of rotatable bonds is 3. The fraction of sp³-hybridized carbons (Fsp3) is 0.0833. The van der Waals surface area contributed by atoms with Gasteiger partial charge >= 0.3 is 0 Å². The minimum absolute atomic E-state index is 0.305. The average Bonchev–Trinajstić information content (AvgIpc) is 2.32. The molecule has 2 rings (SSSR count). The Kier molecular flexibility index (Phi) is 4.33. The van der Waals surface area contributed by atoms with Crippen LogP contribution in [0.15, 0.2) is 41.0 Å². The molecular weight excluding hydrogens is 400 g/mol. The quantitative estimate of drug-likeness (QED) is 0.712. The second-order valence-electron chi connectivity index (χ2n) is 3.30. The van der Waals surface area contributed by atoms with Gasteiger partial charge in [0.15, 0.2) is 0 Å². The van der Waals surface area contributed by atoms with E-state index >= 15 is 0 Å². The van der Waals surface area contributed by atoms with E-state index in [1.807, 2.05) is 12.1 Å². The molecule has 88 valence electrons. The van der Waals surface area contributed by atoms with Gasteiger partial charge in [-0.05, 0) is 62.8 Å². The minimum atomic E-state index is -0.305. The van der Waals surface area contributed by atoms with Crippen LogP contribution in [-0.4, -0.2) is 4.98 Å². The van der Waals surface area contributed by atoms with Gasteiger partial charge in [0.25, 0.3) is 0 Å². The fourth-order valence-corrected chi connectivity index (χ4v) is 2.12. The lowest BCUT2D eigenvalue weighted by atomic mass is 10.3. The third kappa shape index (κ3) is 3.38. The van der Waals surface area contributed by atoms with Gasteiger partial charge in [-0.15, -0.1) is 0 Å². The molecule has 1 heterocycles. The first-order chi connectivity index (χ1) is 8.16. The molecule has 0 fully saturated rings. The molecule has 0 unspecified atom stereocenters. The van der Waals surface area contributed by atoms with Crippen molar-refractivity contribution in [3.05, 3.63) is 56.1 Å². The van der Waals surface area contributed by atoms with Crippen LogP contribution in [0.2, 0.25) is 0 Å². The Morgan fingerprint density at radius 2 is 2.18 bits per heavy atom. The molecule has 2 aromatic rings. The Morgan fingerprint density at radius 3 is 2.94 bits per heavy atom. The number of pyridine rings is 1. The Morgan fingerprint density at radius 1 is 1.35 bits per heavy atom. The zero-order valence-electron chi connectivity index (χ0n) is 8.66. The predicted molar refractivity (Wildman–Crippen MR) is 75.4 cm³/mol. The second kappa shape index (κ2) is 5.77. The number of halogens is 3. The molecule has 0 amide bonds. The van der Waals surface area contributed by atoms with Crippen molar-refractivity contribution in [3.8, 4) is 5.75 Å². The largest absolute Gasteiger partial charge is 0.486 e. The van der Waals surface area contributed by atoms with Crippen LogP contribution in [0.4, 0.5) is 4.39 Å². The number of nitrogens with zero attached hydrogens (tertiary/aromatic N) is 1. The molecule has 1 aromatic heterocycles. The van der Waals surface area contributed by atoms with Crippen molar-refractivity contribution in [3.63, 3.8) is 0 Å². The van der Waals surface area contributed by atoms with E-state index in [9.17, 15) is 4.39 Å². The second-order valence-corrected chi connectivity index (χ2v) is 5.31. The van der Waals surface area contributed by atoms with Crippen LogP contribution < -0.4 is 4.74 Å². The molecule has 0 aliphatic carbocycles. The molecule has 2 nitrogen and oxygen atoms in total. The monoisotopic (exact) mass is 407 g/mol. The van der Waals surface area contributed by atoms with Gasteiger partial charge in [0.05, 0.1) is 9.26 Å². The number of hydrogen-bond donors (Lipinski definition) is 0. The number of benzene rings is 1. The van der Waals surface area contributed by atoms with Gasteiger partial charge in [-0.2, -0.15) is 0 Å². The summed E-state index contributed by atoms with van der Waals surface area (Å²) in [5.41, 5.74) is 0.785. The van der Waals surface area contributed by atoms with E-state index in [-0.39, 0.29) is 5.82 Å². The van der Waals surface area contributed by atoms with Gasteiger partial charge < -0.3 is 4.74 Å². The van der Waals surface area contributed by atoms with Crippen molar-refractivity contribution in [2.24, 2.45) is 0 Å². The summed E-state index contributed by atoms with van der Waals surface area (Å²) in [5, 5.41) is 0. The van der Waals surface area contributed by atoms with Crippen molar-refractivity contribution < 1.29 is 9.13 Å². The van der Waals surface area contributed by atoms with Crippen molar-refractivity contribution in [2.75, 3.05) is 0 Å². The summed E-state index contributed by atoms with van der Waals surface area (Å²) < 4.78 is 20.3. The maximum absolute atomic E-state index is 13.0. The molecule has 0 saturated heterocycles. The summed E-state index contributed by atoms with van der Waals surface area (Å²) >= 11 is 5.49. The average molecular weight is 408 g/mol. The summed E-state index contributed by atoms with van der Waals surface area (Å²) in [6.45, 7) is 0.306. The first kappa shape index (κ1) is 12.8. The molecule has 0 N–H and O–H groups in total. The first-order valence-electron chi connectivity index (χ1n) is 4.84. The SMILES string of the molecule is Fc1ccc(I)c(OCc2ncccc2Br)c1. The fourth-order valence-electron chi connectivity index (χ4n) is 1.26. The summed E-state index contributed by atoms with van der Waals surface area (Å²) in [4.78, 5) is 4.18. The molecule has 0 atom stereocenters. The Hall–Kier alpha value is -0.690. The topological polar surface area (TPSA) is 22.1 Å². The van der Waals surface area contributed by atoms with Crippen LogP contribution in [0.25, 0.3) is 0 Å². The van der Waals surface area contributed by atoms with Gasteiger partial charge in [0.1, 0.15) is 18.2 Å². The smallest absolute Gasteiger partial charge is 0.136 e. The number of aromatic nitrogens is 1. The molecule has 1 aromatic carbocycles. The van der Waals surface area contributed by atoms with Crippen molar-refractivity contribution in [2.45, 2.75) is 6.61 Å². The van der Waals surface area contributed by atoms with Crippen LogP contribution in [0, 0.1) is 9.39 Å². The van der Waals surface area contributed by atoms with Gasteiger partial charge in [0.2, 0.25) is 0 Å². The molecule has 0 spiro atoms. The van der Waals surface area contributed by atoms with Crippen molar-refractivity contribution in [1.29, 1.82) is 0 Å². The van der Waals surface area contributed by atoms with E-state index in [0.717, 1.165) is 13.7 Å². The third-order valence-electron chi connectivity index (χ3n) is 2.09. The minimum Gasteiger partial charge on any atom is -0.486 e. The van der Waals surface area contributed by atoms with E-state index in [2.05, 4.69) is 43.5 Å². The lowest BCUT2D eigenvalue weighted by Gasteiger charge is -2.08. The van der Waals surface area contributed by atoms with E-state index in [0.29, 0.717) is 12.4 Å². The molecule has 17 heavy (non-hydrogen) atoms. The molecule has 0 bridgehead atoms. The maximum Gasteiger partial charge on any atom is 0.136 e. The summed E-state index contributed by atoms with van der Waals surface area (Å²) in [5.74, 6) is 0.226. The zero-order chi connectivity index (χ0) is 12.3. The highest BCUT2D eigenvalue weighted by atomic mass is 127. The van der Waals surface area contributed by atoms with Gasteiger partial charge in [-0.25, -0.2) is 4.39 Å². The lowest BCUT2D eigenvalue weighted by molar-refractivity contribution is 0.296. The van der Waals surface area contributed by atoms with Crippen LogP contribution >= 0.6 is 38.5 Å².